The van der Waals surface area contributed by atoms with Crippen LogP contribution in [0.25, 0.3) is 0 Å². The van der Waals surface area contributed by atoms with Gasteiger partial charge in [-0.05, 0) is 43.3 Å². The first kappa shape index (κ1) is 28.2. The van der Waals surface area contributed by atoms with Crippen LogP contribution in [-0.4, -0.2) is 82.2 Å². The molecule has 0 saturated heterocycles. The van der Waals surface area contributed by atoms with Crippen molar-refractivity contribution in [1.29, 1.82) is 0 Å². The maximum Gasteiger partial charge on any atom is 0.258 e. The monoisotopic (exact) mass is 559 g/mol. The summed E-state index contributed by atoms with van der Waals surface area (Å²) < 4.78 is 60.1. The number of likely N-dealkylation sites (N-methyl/N-ethyl adjacent to an activating group) is 1. The van der Waals surface area contributed by atoms with Gasteiger partial charge < -0.3 is 14.7 Å². The summed E-state index contributed by atoms with van der Waals surface area (Å²) in [5.74, 6) is -0.821. The molecule has 1 aliphatic rings. The minimum Gasteiger partial charge on any atom is -0.486 e. The molecule has 10 nitrogen and oxygen atoms in total. The van der Waals surface area contributed by atoms with Gasteiger partial charge in [0.05, 0.1) is 41.6 Å². The number of nitrogens with zero attached hydrogens (tertiary/aromatic N) is 2. The number of ether oxygens (including phenoxy) is 1. The quantitative estimate of drug-likeness (QED) is 0.506. The van der Waals surface area contributed by atoms with E-state index < -0.39 is 38.1 Å². The van der Waals surface area contributed by atoms with Crippen LogP contribution >= 0.6 is 11.6 Å². The van der Waals surface area contributed by atoms with E-state index in [0.29, 0.717) is 5.02 Å². The predicted molar refractivity (Wildman–Crippen MR) is 137 cm³/mol. The molecular weight excluding hydrogens is 530 g/mol. The fourth-order valence-corrected chi connectivity index (χ4v) is 5.75. The number of nitrogens with one attached hydrogen (secondary N) is 1. The topological polar surface area (TPSA) is 133 Å². The molecule has 2 N–H and O–H groups in total. The molecule has 36 heavy (non-hydrogen) atoms. The van der Waals surface area contributed by atoms with Crippen molar-refractivity contribution in [1.82, 2.24) is 9.21 Å². The first-order valence-electron chi connectivity index (χ1n) is 11.2. The Morgan fingerprint density at radius 1 is 1.19 bits per heavy atom. The van der Waals surface area contributed by atoms with Crippen molar-refractivity contribution < 1.29 is 31.5 Å². The lowest BCUT2D eigenvalue weighted by Gasteiger charge is -2.38. The van der Waals surface area contributed by atoms with Crippen LogP contribution < -0.4 is 9.46 Å². The summed E-state index contributed by atoms with van der Waals surface area (Å²) in [5.41, 5.74) is 0.159. The highest BCUT2D eigenvalue weighted by atomic mass is 35.5. The molecule has 2 aromatic rings. The smallest absolute Gasteiger partial charge is 0.258 e. The summed E-state index contributed by atoms with van der Waals surface area (Å²) in [4.78, 5) is 14.9. The Bertz CT molecular complexity index is 1320. The van der Waals surface area contributed by atoms with Crippen LogP contribution in [0.5, 0.6) is 5.75 Å². The van der Waals surface area contributed by atoms with Gasteiger partial charge >= 0.3 is 0 Å². The van der Waals surface area contributed by atoms with Gasteiger partial charge in [-0.15, -0.1) is 0 Å². The first-order valence-corrected chi connectivity index (χ1v) is 14.9. The van der Waals surface area contributed by atoms with Gasteiger partial charge in [0.25, 0.3) is 5.91 Å². The van der Waals surface area contributed by atoms with Gasteiger partial charge in [0, 0.05) is 24.5 Å². The molecule has 0 unspecified atom stereocenters. The molecule has 0 spiro atoms. The van der Waals surface area contributed by atoms with Crippen molar-refractivity contribution in [2.75, 3.05) is 37.7 Å². The van der Waals surface area contributed by atoms with Crippen LogP contribution in [0, 0.1) is 5.92 Å². The SMILES string of the molecule is C[C@@H]1CN([C@H](C)CO)C(=O)c2cccc(NS(C)(=O)=O)c2O[C@@H]1CN(C)S(=O)(=O)c1ccc(Cl)cc1. The van der Waals surface area contributed by atoms with E-state index in [1.807, 2.05) is 0 Å². The normalized spacial score (nSPS) is 19.8. The molecule has 1 amide bonds. The Labute approximate surface area is 216 Å². The Balaban J connectivity index is 2.05. The second-order valence-electron chi connectivity index (χ2n) is 8.92. The number of hydrogen-bond donors (Lipinski definition) is 2. The van der Waals surface area contributed by atoms with Gasteiger partial charge in [-0.1, -0.05) is 24.6 Å². The zero-order valence-electron chi connectivity index (χ0n) is 20.4. The average Bonchev–Trinajstić information content (AvgIpc) is 2.80. The number of para-hydroxylation sites is 1. The fourth-order valence-electron chi connectivity index (χ4n) is 3.88. The molecule has 1 heterocycles. The molecule has 0 aliphatic carbocycles. The lowest BCUT2D eigenvalue weighted by Crippen LogP contribution is -2.50. The minimum absolute atomic E-state index is 0.00287. The van der Waals surface area contributed by atoms with Crippen LogP contribution in [0.1, 0.15) is 24.2 Å². The summed E-state index contributed by atoms with van der Waals surface area (Å²) in [7, 11) is -6.19. The van der Waals surface area contributed by atoms with Gasteiger partial charge in [0.1, 0.15) is 6.10 Å². The molecule has 0 fully saturated rings. The highest BCUT2D eigenvalue weighted by molar-refractivity contribution is 7.92. The minimum atomic E-state index is -3.90. The Hall–Kier alpha value is -2.38. The van der Waals surface area contributed by atoms with E-state index in [9.17, 15) is 26.7 Å². The number of fused-ring (bicyclic) bond motifs is 1. The maximum absolute atomic E-state index is 13.4. The van der Waals surface area contributed by atoms with Crippen LogP contribution in [0.4, 0.5) is 5.69 Å². The van der Waals surface area contributed by atoms with Crippen molar-refractivity contribution >= 4 is 43.2 Å². The van der Waals surface area contributed by atoms with E-state index in [0.717, 1.165) is 10.6 Å². The number of halogens is 1. The zero-order valence-corrected chi connectivity index (χ0v) is 22.8. The van der Waals surface area contributed by atoms with Crippen LogP contribution in [-0.2, 0) is 20.0 Å². The van der Waals surface area contributed by atoms with Gasteiger partial charge in [-0.2, -0.15) is 4.31 Å². The summed E-state index contributed by atoms with van der Waals surface area (Å²) in [5, 5.41) is 10.2. The highest BCUT2D eigenvalue weighted by Crippen LogP contribution is 2.35. The fraction of sp³-hybridized carbons (Fsp3) is 0.435. The second-order valence-corrected chi connectivity index (χ2v) is 13.1. The van der Waals surface area contributed by atoms with Gasteiger partial charge in [0.2, 0.25) is 20.0 Å². The van der Waals surface area contributed by atoms with E-state index in [2.05, 4.69) is 4.72 Å². The number of benzene rings is 2. The van der Waals surface area contributed by atoms with E-state index in [1.165, 1.54) is 54.4 Å². The molecule has 198 valence electrons. The number of carbonyl (C=O) groups excluding carboxylic acids is 1. The second kappa shape index (κ2) is 10.9. The van der Waals surface area contributed by atoms with Crippen molar-refractivity contribution in [3.05, 3.63) is 53.1 Å². The largest absolute Gasteiger partial charge is 0.486 e. The van der Waals surface area contributed by atoms with E-state index in [1.54, 1.807) is 13.8 Å². The summed E-state index contributed by atoms with van der Waals surface area (Å²) in [6.45, 7) is 3.30. The lowest BCUT2D eigenvalue weighted by molar-refractivity contribution is 0.0389. The molecule has 0 aromatic heterocycles. The number of anilines is 1. The van der Waals surface area contributed by atoms with Crippen LogP contribution in [0.15, 0.2) is 47.4 Å². The highest BCUT2D eigenvalue weighted by Gasteiger charge is 2.36. The molecule has 13 heteroatoms. The van der Waals surface area contributed by atoms with Gasteiger partial charge in [-0.25, -0.2) is 16.8 Å². The summed E-state index contributed by atoms with van der Waals surface area (Å²) in [6, 6.07) is 9.73. The molecule has 0 saturated carbocycles. The maximum atomic E-state index is 13.4. The zero-order chi connectivity index (χ0) is 26.8. The van der Waals surface area contributed by atoms with E-state index in [-0.39, 0.29) is 47.5 Å². The Morgan fingerprint density at radius 2 is 1.83 bits per heavy atom. The molecular formula is C23H30ClN3O7S2. The van der Waals surface area contributed by atoms with Crippen molar-refractivity contribution in [2.45, 2.75) is 30.9 Å². The summed E-state index contributed by atoms with van der Waals surface area (Å²) in [6.07, 6.45) is 0.212. The number of rotatable bonds is 8. The number of aliphatic hydroxyl groups excluding tert-OH is 1. The van der Waals surface area contributed by atoms with Crippen molar-refractivity contribution in [3.63, 3.8) is 0 Å². The number of amides is 1. The molecule has 3 rings (SSSR count). The molecule has 1 aliphatic heterocycles. The lowest BCUT2D eigenvalue weighted by atomic mass is 9.99. The van der Waals surface area contributed by atoms with Crippen LogP contribution in [0.2, 0.25) is 5.02 Å². The van der Waals surface area contributed by atoms with Gasteiger partial charge in [0.15, 0.2) is 5.75 Å². The predicted octanol–water partition coefficient (Wildman–Crippen LogP) is 2.25. The number of carbonyl (C=O) groups is 1. The third-order valence-corrected chi connectivity index (χ3v) is 8.63. The number of sulfonamides is 2. The average molecular weight is 560 g/mol. The molecule has 3 atom stereocenters. The number of aliphatic hydroxyl groups is 1. The Morgan fingerprint density at radius 3 is 2.42 bits per heavy atom. The number of hydrogen-bond acceptors (Lipinski definition) is 7. The standard InChI is InChI=1S/C23H30ClN3O7S2/c1-15-12-27(16(2)14-28)23(29)19-6-5-7-20(25-35(4,30)31)22(19)34-21(15)13-26(3)36(32,33)18-10-8-17(24)9-11-18/h5-11,15-16,21,25,28H,12-14H2,1-4H3/t15-,16-,21-/m1/s1. The van der Waals surface area contributed by atoms with E-state index >= 15 is 0 Å². The third kappa shape index (κ3) is 6.30. The van der Waals surface area contributed by atoms with Crippen LogP contribution in [0.3, 0.4) is 0 Å². The summed E-state index contributed by atoms with van der Waals surface area (Å²) >= 11 is 5.89. The van der Waals surface area contributed by atoms with Gasteiger partial charge in [-0.3, -0.25) is 9.52 Å². The first-order chi connectivity index (χ1) is 16.7. The van der Waals surface area contributed by atoms with Crippen molar-refractivity contribution in [2.24, 2.45) is 5.92 Å². The molecule has 0 bridgehead atoms. The molecule has 0 radical (unpaired) electrons. The van der Waals surface area contributed by atoms with E-state index in [4.69, 9.17) is 16.3 Å². The Kier molecular flexibility index (Phi) is 8.56. The molecule has 2 aromatic carbocycles. The van der Waals surface area contributed by atoms with Crippen molar-refractivity contribution in [3.8, 4) is 5.75 Å². The third-order valence-electron chi connectivity index (χ3n) is 5.95.